The summed E-state index contributed by atoms with van der Waals surface area (Å²) >= 11 is 6.26. The van der Waals surface area contributed by atoms with E-state index in [1.807, 2.05) is 0 Å². The van der Waals surface area contributed by atoms with Crippen LogP contribution in [0.15, 0.2) is 6.33 Å². The Bertz CT molecular complexity index is 1060. The highest BCUT2D eigenvalue weighted by molar-refractivity contribution is 7.51. The molecule has 3 fully saturated rings. The minimum atomic E-state index is -4.26. The molecule has 11 nitrogen and oxygen atoms in total. The van der Waals surface area contributed by atoms with Gasteiger partial charge in [-0.2, -0.15) is 9.97 Å². The number of aliphatic hydroxyl groups excluding tert-OH is 2. The number of imidazole rings is 1. The van der Waals surface area contributed by atoms with Gasteiger partial charge < -0.3 is 29.6 Å². The SMILES string of the molecule is O=P(O)(O)CC[C@H]1O[C@@H](n2cnc3c(N4CCC5(CCCC5)CC4)nc(Cl)nc32)C(O)C1O. The molecule has 33 heavy (non-hydrogen) atoms. The van der Waals surface area contributed by atoms with Crippen LogP contribution in [0.3, 0.4) is 0 Å². The lowest BCUT2D eigenvalue weighted by Gasteiger charge is -2.39. The minimum Gasteiger partial charge on any atom is -0.388 e. The van der Waals surface area contributed by atoms with E-state index >= 15 is 0 Å². The van der Waals surface area contributed by atoms with Crippen molar-refractivity contribution < 1.29 is 29.3 Å². The molecule has 2 aromatic rings. The van der Waals surface area contributed by atoms with Gasteiger partial charge in [0, 0.05) is 13.1 Å². The molecule has 1 aliphatic carbocycles. The maximum Gasteiger partial charge on any atom is 0.325 e. The van der Waals surface area contributed by atoms with Gasteiger partial charge in [0.05, 0.1) is 18.6 Å². The summed E-state index contributed by atoms with van der Waals surface area (Å²) in [5.41, 5.74) is 1.36. The van der Waals surface area contributed by atoms with Crippen molar-refractivity contribution in [2.45, 2.75) is 69.5 Å². The fraction of sp³-hybridized carbons (Fsp3) is 0.750. The molecule has 4 heterocycles. The molecule has 13 heteroatoms. The lowest BCUT2D eigenvalue weighted by Crippen LogP contribution is -2.39. The second kappa shape index (κ2) is 8.71. The number of ether oxygens (including phenoxy) is 1. The highest BCUT2D eigenvalue weighted by Gasteiger charge is 2.45. The Hall–Kier alpha value is -1.33. The number of anilines is 1. The van der Waals surface area contributed by atoms with E-state index in [4.69, 9.17) is 26.1 Å². The Kier molecular flexibility index (Phi) is 6.18. The number of aromatic nitrogens is 4. The van der Waals surface area contributed by atoms with E-state index in [-0.39, 0.29) is 11.7 Å². The van der Waals surface area contributed by atoms with Crippen molar-refractivity contribution in [3.05, 3.63) is 11.6 Å². The van der Waals surface area contributed by atoms with E-state index in [1.165, 1.54) is 36.6 Å². The molecule has 4 N–H and O–H groups in total. The number of fused-ring (bicyclic) bond motifs is 1. The summed E-state index contributed by atoms with van der Waals surface area (Å²) in [5.74, 6) is 0.641. The summed E-state index contributed by atoms with van der Waals surface area (Å²) in [6.07, 6.45) is 3.74. The highest BCUT2D eigenvalue weighted by Crippen LogP contribution is 2.47. The lowest BCUT2D eigenvalue weighted by atomic mass is 9.77. The molecule has 182 valence electrons. The number of rotatable bonds is 5. The maximum atomic E-state index is 11.2. The zero-order chi connectivity index (χ0) is 23.4. The first-order chi connectivity index (χ1) is 15.7. The topological polar surface area (TPSA) is 154 Å². The van der Waals surface area contributed by atoms with Gasteiger partial charge in [-0.1, -0.05) is 12.8 Å². The van der Waals surface area contributed by atoms with Gasteiger partial charge in [-0.25, -0.2) is 4.98 Å². The van der Waals surface area contributed by atoms with Crippen LogP contribution in [0.1, 0.15) is 51.2 Å². The number of nitrogens with zero attached hydrogens (tertiary/aromatic N) is 5. The molecule has 2 aliphatic heterocycles. The molecule has 0 radical (unpaired) electrons. The maximum absolute atomic E-state index is 11.2. The van der Waals surface area contributed by atoms with Crippen molar-refractivity contribution in [1.29, 1.82) is 0 Å². The molecule has 4 atom stereocenters. The summed E-state index contributed by atoms with van der Waals surface area (Å²) in [4.78, 5) is 33.7. The largest absolute Gasteiger partial charge is 0.388 e. The number of hydrogen-bond acceptors (Lipinski definition) is 8. The number of halogens is 1. The molecule has 0 amide bonds. The third-order valence-electron chi connectivity index (χ3n) is 7.48. The van der Waals surface area contributed by atoms with E-state index in [2.05, 4.69) is 19.9 Å². The van der Waals surface area contributed by atoms with Gasteiger partial charge in [0.2, 0.25) is 5.28 Å². The van der Waals surface area contributed by atoms with Gasteiger partial charge in [-0.15, -0.1) is 0 Å². The normalized spacial score (nSPS) is 30.0. The van der Waals surface area contributed by atoms with Crippen LogP contribution in [0.2, 0.25) is 5.28 Å². The molecule has 0 aromatic carbocycles. The Morgan fingerprint density at radius 1 is 1.12 bits per heavy atom. The monoisotopic (exact) mass is 501 g/mol. The second-order valence-electron chi connectivity index (χ2n) is 9.56. The van der Waals surface area contributed by atoms with Crippen LogP contribution in [0, 0.1) is 5.41 Å². The number of piperidine rings is 1. The van der Waals surface area contributed by atoms with Crippen molar-refractivity contribution in [3.8, 4) is 0 Å². The molecule has 1 saturated carbocycles. The smallest absolute Gasteiger partial charge is 0.325 e. The predicted octanol–water partition coefficient (Wildman–Crippen LogP) is 1.83. The Balaban J connectivity index is 1.39. The average molecular weight is 502 g/mol. The van der Waals surface area contributed by atoms with Crippen LogP contribution < -0.4 is 4.90 Å². The average Bonchev–Trinajstić information content (AvgIpc) is 3.46. The van der Waals surface area contributed by atoms with E-state index < -0.39 is 38.3 Å². The summed E-state index contributed by atoms with van der Waals surface area (Å²) in [6, 6.07) is 0. The molecule has 1 spiro atoms. The zero-order valence-corrected chi connectivity index (χ0v) is 19.8. The molecule has 0 bridgehead atoms. The van der Waals surface area contributed by atoms with Crippen molar-refractivity contribution >= 4 is 36.2 Å². The van der Waals surface area contributed by atoms with Gasteiger partial charge in [0.15, 0.2) is 23.2 Å². The van der Waals surface area contributed by atoms with Crippen molar-refractivity contribution in [2.75, 3.05) is 24.2 Å². The van der Waals surface area contributed by atoms with Crippen LogP contribution >= 0.6 is 19.2 Å². The predicted molar refractivity (Wildman–Crippen MR) is 120 cm³/mol. The van der Waals surface area contributed by atoms with Gasteiger partial charge >= 0.3 is 7.60 Å². The minimum absolute atomic E-state index is 0.0477. The quantitative estimate of drug-likeness (QED) is 0.352. The van der Waals surface area contributed by atoms with Crippen LogP contribution in [0.25, 0.3) is 11.2 Å². The second-order valence-corrected chi connectivity index (χ2v) is 11.7. The zero-order valence-electron chi connectivity index (χ0n) is 18.1. The first-order valence-electron chi connectivity index (χ1n) is 11.4. The van der Waals surface area contributed by atoms with Crippen molar-refractivity contribution in [3.63, 3.8) is 0 Å². The number of aliphatic hydroxyl groups is 2. The van der Waals surface area contributed by atoms with Gasteiger partial charge in [0.1, 0.15) is 12.2 Å². The summed E-state index contributed by atoms with van der Waals surface area (Å²) in [5, 5.41) is 21.0. The van der Waals surface area contributed by atoms with Crippen LogP contribution in [0.4, 0.5) is 5.82 Å². The summed E-state index contributed by atoms with van der Waals surface area (Å²) in [7, 11) is -4.26. The standard InChI is InChI=1S/C20H29ClN5O6P/c21-19-23-16(25-8-6-20(7-9-25)4-1-2-5-20)13-17(24-19)26(11-22-13)18-15(28)14(27)12(32-18)3-10-33(29,30)31/h11-12,14-15,18,27-28H,1-10H2,(H2,29,30,31)/t12-,14?,15?,18-/m1/s1. The summed E-state index contributed by atoms with van der Waals surface area (Å²) in [6.45, 7) is 1.72. The van der Waals surface area contributed by atoms with Crippen LogP contribution in [-0.2, 0) is 9.30 Å². The van der Waals surface area contributed by atoms with Crippen LogP contribution in [-0.4, -0.2) is 77.1 Å². The van der Waals surface area contributed by atoms with Crippen LogP contribution in [0.5, 0.6) is 0 Å². The number of hydrogen-bond donors (Lipinski definition) is 4. The Morgan fingerprint density at radius 3 is 2.48 bits per heavy atom. The van der Waals surface area contributed by atoms with E-state index in [1.54, 1.807) is 0 Å². The molecule has 3 aliphatic rings. The molecular formula is C20H29ClN5O6P. The fourth-order valence-electron chi connectivity index (χ4n) is 5.59. The first kappa shape index (κ1) is 23.4. The van der Waals surface area contributed by atoms with E-state index in [0.29, 0.717) is 22.4 Å². The van der Waals surface area contributed by atoms with Gasteiger partial charge in [0.25, 0.3) is 0 Å². The molecular weight excluding hydrogens is 473 g/mol. The van der Waals surface area contributed by atoms with Gasteiger partial charge in [-0.3, -0.25) is 9.13 Å². The lowest BCUT2D eigenvalue weighted by molar-refractivity contribution is -0.0355. The Labute approximate surface area is 195 Å². The third kappa shape index (κ3) is 4.52. The highest BCUT2D eigenvalue weighted by atomic mass is 35.5. The van der Waals surface area contributed by atoms with Crippen molar-refractivity contribution in [2.24, 2.45) is 5.41 Å². The molecule has 2 saturated heterocycles. The van der Waals surface area contributed by atoms with Gasteiger partial charge in [-0.05, 0) is 49.1 Å². The molecule has 2 aromatic heterocycles. The first-order valence-corrected chi connectivity index (χ1v) is 13.5. The third-order valence-corrected chi connectivity index (χ3v) is 8.49. The molecule has 5 rings (SSSR count). The fourth-order valence-corrected chi connectivity index (χ4v) is 6.34. The van der Waals surface area contributed by atoms with E-state index in [0.717, 1.165) is 25.9 Å². The Morgan fingerprint density at radius 2 is 1.82 bits per heavy atom. The molecule has 2 unspecified atom stereocenters. The van der Waals surface area contributed by atoms with Crippen molar-refractivity contribution in [1.82, 2.24) is 19.5 Å². The summed E-state index contributed by atoms with van der Waals surface area (Å²) < 4.78 is 18.5. The van der Waals surface area contributed by atoms with E-state index in [9.17, 15) is 14.8 Å².